The molecular formula is C13H15N3O3S. The molecule has 1 atom stereocenters. The quantitative estimate of drug-likeness (QED) is 0.648. The van der Waals surface area contributed by atoms with Gasteiger partial charge in [-0.05, 0) is 24.3 Å². The van der Waals surface area contributed by atoms with Crippen molar-refractivity contribution in [3.05, 3.63) is 29.8 Å². The fourth-order valence-corrected chi connectivity index (χ4v) is 1.98. The second kappa shape index (κ2) is 6.33. The van der Waals surface area contributed by atoms with Gasteiger partial charge in [-0.1, -0.05) is 12.2 Å². The largest absolute Gasteiger partial charge is 0.484 e. The van der Waals surface area contributed by atoms with Crippen LogP contribution in [-0.2, 0) is 9.59 Å². The van der Waals surface area contributed by atoms with Crippen LogP contribution in [0.1, 0.15) is 12.0 Å². The molecule has 0 saturated carbocycles. The lowest BCUT2D eigenvalue weighted by atomic mass is 10.2. The average Bonchev–Trinajstić information content (AvgIpc) is 2.82. The topological polar surface area (TPSA) is 93.4 Å². The number of carbonyl (C=O) groups excluding carboxylic acids is 2. The maximum atomic E-state index is 11.6. The molecule has 1 fully saturated rings. The zero-order chi connectivity index (χ0) is 14.5. The molecule has 1 aliphatic rings. The highest BCUT2D eigenvalue weighted by atomic mass is 32.1. The molecule has 1 aromatic rings. The smallest absolute Gasteiger partial charge is 0.258 e. The predicted molar refractivity (Wildman–Crippen MR) is 77.4 cm³/mol. The lowest BCUT2D eigenvalue weighted by molar-refractivity contribution is -0.123. The third-order valence-corrected chi connectivity index (χ3v) is 3.09. The number of amides is 2. The van der Waals surface area contributed by atoms with Gasteiger partial charge in [0.1, 0.15) is 10.7 Å². The van der Waals surface area contributed by atoms with Gasteiger partial charge in [0.05, 0.1) is 6.04 Å². The van der Waals surface area contributed by atoms with Crippen LogP contribution in [0.25, 0.3) is 0 Å². The van der Waals surface area contributed by atoms with Gasteiger partial charge in [0.15, 0.2) is 6.61 Å². The van der Waals surface area contributed by atoms with Crippen LogP contribution in [0.3, 0.4) is 0 Å². The van der Waals surface area contributed by atoms with Gasteiger partial charge in [-0.3, -0.25) is 9.59 Å². The first-order valence-electron chi connectivity index (χ1n) is 6.13. The number of rotatable bonds is 5. The molecular weight excluding hydrogens is 278 g/mol. The highest BCUT2D eigenvalue weighted by Crippen LogP contribution is 2.12. The van der Waals surface area contributed by atoms with Crippen LogP contribution in [0.2, 0.25) is 0 Å². The monoisotopic (exact) mass is 293 g/mol. The van der Waals surface area contributed by atoms with Crippen molar-refractivity contribution in [1.29, 1.82) is 0 Å². The van der Waals surface area contributed by atoms with Gasteiger partial charge >= 0.3 is 0 Å². The Kier molecular flexibility index (Phi) is 4.52. The molecule has 1 saturated heterocycles. The van der Waals surface area contributed by atoms with E-state index in [-0.39, 0.29) is 24.5 Å². The third-order valence-electron chi connectivity index (χ3n) is 2.85. The maximum absolute atomic E-state index is 11.6. The molecule has 7 heteroatoms. The van der Waals surface area contributed by atoms with Gasteiger partial charge in [-0.25, -0.2) is 0 Å². The molecule has 6 nitrogen and oxygen atoms in total. The molecule has 2 rings (SSSR count). The molecule has 1 aromatic carbocycles. The zero-order valence-electron chi connectivity index (χ0n) is 10.7. The highest BCUT2D eigenvalue weighted by molar-refractivity contribution is 7.80. The Balaban J connectivity index is 1.78. The van der Waals surface area contributed by atoms with Crippen LogP contribution in [0.4, 0.5) is 0 Å². The minimum Gasteiger partial charge on any atom is -0.484 e. The fourth-order valence-electron chi connectivity index (χ4n) is 1.84. The summed E-state index contributed by atoms with van der Waals surface area (Å²) in [6, 6.07) is 6.70. The Hall–Kier alpha value is -2.15. The molecule has 2 amide bonds. The molecule has 1 aliphatic heterocycles. The first-order valence-corrected chi connectivity index (χ1v) is 6.54. The van der Waals surface area contributed by atoms with Gasteiger partial charge in [0.25, 0.3) is 5.91 Å². The summed E-state index contributed by atoms with van der Waals surface area (Å²) in [5.41, 5.74) is 6.22. The zero-order valence-corrected chi connectivity index (χ0v) is 11.5. The molecule has 106 valence electrons. The number of carbonyl (C=O) groups is 2. The van der Waals surface area contributed by atoms with E-state index in [9.17, 15) is 9.59 Å². The summed E-state index contributed by atoms with van der Waals surface area (Å²) in [4.78, 5) is 22.9. The van der Waals surface area contributed by atoms with Crippen LogP contribution >= 0.6 is 12.2 Å². The lowest BCUT2D eigenvalue weighted by Gasteiger charge is -2.11. The Labute approximate surface area is 121 Å². The Bertz CT molecular complexity index is 530. The van der Waals surface area contributed by atoms with E-state index in [1.54, 1.807) is 24.3 Å². The molecule has 0 radical (unpaired) electrons. The minimum absolute atomic E-state index is 0.0513. The molecule has 1 unspecified atom stereocenters. The van der Waals surface area contributed by atoms with Crippen molar-refractivity contribution in [2.24, 2.45) is 5.73 Å². The van der Waals surface area contributed by atoms with Gasteiger partial charge in [-0.15, -0.1) is 0 Å². The number of thiocarbonyl (C=S) groups is 1. The first kappa shape index (κ1) is 14.3. The van der Waals surface area contributed by atoms with Crippen molar-refractivity contribution in [1.82, 2.24) is 10.6 Å². The summed E-state index contributed by atoms with van der Waals surface area (Å²) in [7, 11) is 0. The van der Waals surface area contributed by atoms with Crippen molar-refractivity contribution in [2.45, 2.75) is 12.5 Å². The van der Waals surface area contributed by atoms with Crippen molar-refractivity contribution in [3.63, 3.8) is 0 Å². The lowest BCUT2D eigenvalue weighted by Crippen LogP contribution is -2.39. The highest BCUT2D eigenvalue weighted by Gasteiger charge is 2.22. The summed E-state index contributed by atoms with van der Waals surface area (Å²) in [5, 5.41) is 5.37. The normalized spacial score (nSPS) is 17.4. The van der Waals surface area contributed by atoms with Gasteiger partial charge < -0.3 is 21.1 Å². The average molecular weight is 293 g/mol. The predicted octanol–water partition coefficient (Wildman–Crippen LogP) is -0.296. The summed E-state index contributed by atoms with van der Waals surface area (Å²) in [6.07, 6.45) is 0.314. The molecule has 0 aromatic heterocycles. The standard InChI is InChI=1S/C13H15N3O3S/c14-13(20)8-1-3-10(4-2-8)19-7-12(18)16-9-5-11(17)15-6-9/h1-4,9H,5-7H2,(H2,14,20)(H,15,17)(H,16,18). The van der Waals surface area contributed by atoms with Crippen molar-refractivity contribution < 1.29 is 14.3 Å². The maximum Gasteiger partial charge on any atom is 0.258 e. The minimum atomic E-state index is -0.259. The molecule has 0 aliphatic carbocycles. The van der Waals surface area contributed by atoms with Crippen molar-refractivity contribution in [2.75, 3.05) is 13.2 Å². The Morgan fingerprint density at radius 2 is 2.15 bits per heavy atom. The van der Waals surface area contributed by atoms with Crippen LogP contribution in [0.15, 0.2) is 24.3 Å². The van der Waals surface area contributed by atoms with Crippen molar-refractivity contribution in [3.8, 4) is 5.75 Å². The molecule has 0 bridgehead atoms. The molecule has 4 N–H and O–H groups in total. The molecule has 0 spiro atoms. The van der Waals surface area contributed by atoms with Gasteiger partial charge in [0.2, 0.25) is 5.91 Å². The summed E-state index contributed by atoms with van der Waals surface area (Å²) in [5.74, 6) is 0.246. The Morgan fingerprint density at radius 1 is 1.45 bits per heavy atom. The van der Waals surface area contributed by atoms with Crippen LogP contribution < -0.4 is 21.1 Å². The van der Waals surface area contributed by atoms with Gasteiger partial charge in [-0.2, -0.15) is 0 Å². The number of hydrogen-bond acceptors (Lipinski definition) is 4. The number of ether oxygens (including phenoxy) is 1. The first-order chi connectivity index (χ1) is 9.54. The van der Waals surface area contributed by atoms with Crippen molar-refractivity contribution >= 4 is 29.0 Å². The third kappa shape index (κ3) is 3.92. The van der Waals surface area contributed by atoms with E-state index in [0.29, 0.717) is 23.7 Å². The second-order valence-electron chi connectivity index (χ2n) is 4.45. The van der Waals surface area contributed by atoms with Crippen LogP contribution in [0.5, 0.6) is 5.75 Å². The SMILES string of the molecule is NC(=S)c1ccc(OCC(=O)NC2CNC(=O)C2)cc1. The van der Waals surface area contributed by atoms with E-state index >= 15 is 0 Å². The van der Waals surface area contributed by atoms with Crippen LogP contribution in [-0.4, -0.2) is 36.0 Å². The molecule has 20 heavy (non-hydrogen) atoms. The number of nitrogens with one attached hydrogen (secondary N) is 2. The summed E-state index contributed by atoms with van der Waals surface area (Å²) in [6.45, 7) is 0.365. The van der Waals surface area contributed by atoms with Crippen LogP contribution in [0, 0.1) is 0 Å². The fraction of sp³-hybridized carbons (Fsp3) is 0.308. The second-order valence-corrected chi connectivity index (χ2v) is 4.89. The Morgan fingerprint density at radius 3 is 2.70 bits per heavy atom. The van der Waals surface area contributed by atoms with E-state index in [0.717, 1.165) is 5.56 Å². The number of benzene rings is 1. The number of nitrogens with two attached hydrogens (primary N) is 1. The molecule has 1 heterocycles. The number of hydrogen-bond donors (Lipinski definition) is 3. The summed E-state index contributed by atoms with van der Waals surface area (Å²) >= 11 is 4.84. The van der Waals surface area contributed by atoms with E-state index in [1.807, 2.05) is 0 Å². The van der Waals surface area contributed by atoms with E-state index in [1.165, 1.54) is 0 Å². The van der Waals surface area contributed by atoms with E-state index in [2.05, 4.69) is 10.6 Å². The summed E-state index contributed by atoms with van der Waals surface area (Å²) < 4.78 is 5.34. The van der Waals surface area contributed by atoms with E-state index in [4.69, 9.17) is 22.7 Å². The van der Waals surface area contributed by atoms with E-state index < -0.39 is 0 Å². The van der Waals surface area contributed by atoms with Gasteiger partial charge in [0, 0.05) is 18.5 Å².